The number of halogens is 1. The highest BCUT2D eigenvalue weighted by molar-refractivity contribution is 7.98. The van der Waals surface area contributed by atoms with Crippen molar-refractivity contribution in [2.45, 2.75) is 31.3 Å². The van der Waals surface area contributed by atoms with E-state index in [1.807, 2.05) is 6.07 Å². The molecular weight excluding hydrogens is 464 g/mol. The summed E-state index contributed by atoms with van der Waals surface area (Å²) in [6.07, 6.45) is 0. The molecule has 33 heavy (non-hydrogen) atoms. The molecule has 2 heterocycles. The fraction of sp³-hybridized carbons (Fsp3) is 0.304. The summed E-state index contributed by atoms with van der Waals surface area (Å²) in [7, 11) is 3.16. The normalized spacial score (nSPS) is 11.3. The molecule has 0 aliphatic heterocycles. The molecule has 2 aromatic carbocycles. The van der Waals surface area contributed by atoms with Crippen LogP contribution in [-0.2, 0) is 12.3 Å². The molecule has 8 nitrogen and oxygen atoms in total. The third kappa shape index (κ3) is 4.99. The number of rotatable bonds is 8. The molecule has 0 radical (unpaired) electrons. The van der Waals surface area contributed by atoms with Crippen molar-refractivity contribution in [2.75, 3.05) is 14.2 Å². The highest BCUT2D eigenvalue weighted by Gasteiger charge is 2.17. The first-order valence-corrected chi connectivity index (χ1v) is 11.6. The van der Waals surface area contributed by atoms with E-state index in [1.165, 1.54) is 11.8 Å². The van der Waals surface area contributed by atoms with Crippen LogP contribution in [0.3, 0.4) is 0 Å². The number of aromatic nitrogens is 4. The van der Waals surface area contributed by atoms with Crippen LogP contribution in [0.5, 0.6) is 11.5 Å². The van der Waals surface area contributed by atoms with Gasteiger partial charge in [-0.3, -0.25) is 9.36 Å². The van der Waals surface area contributed by atoms with Crippen LogP contribution in [0.1, 0.15) is 19.7 Å². The van der Waals surface area contributed by atoms with Gasteiger partial charge in [0.05, 0.1) is 36.4 Å². The van der Waals surface area contributed by atoms with E-state index in [-0.39, 0.29) is 11.5 Å². The van der Waals surface area contributed by atoms with Gasteiger partial charge in [0.2, 0.25) is 11.7 Å². The van der Waals surface area contributed by atoms with Gasteiger partial charge in [-0.15, -0.1) is 0 Å². The van der Waals surface area contributed by atoms with Gasteiger partial charge >= 0.3 is 0 Å². The summed E-state index contributed by atoms with van der Waals surface area (Å²) in [5, 5.41) is 5.68. The number of fused-ring (bicyclic) bond motifs is 1. The number of hydrogen-bond acceptors (Lipinski definition) is 8. The Labute approximate surface area is 199 Å². The van der Waals surface area contributed by atoms with Gasteiger partial charge in [-0.25, -0.2) is 4.98 Å². The van der Waals surface area contributed by atoms with Crippen molar-refractivity contribution in [2.24, 2.45) is 5.92 Å². The standard InChI is InChI=1S/C23H23ClN4O4S/c1-13(2)11-28-22(29)17-9-14(24)5-8-18(17)25-23(28)33-12-20-26-21(27-32-20)16-7-6-15(30-3)10-19(16)31-4/h5-10,13H,11-12H2,1-4H3. The second-order valence-electron chi connectivity index (χ2n) is 7.73. The molecular formula is C23H23ClN4O4S. The molecule has 0 saturated carbocycles. The fourth-order valence-corrected chi connectivity index (χ4v) is 4.36. The zero-order chi connectivity index (χ0) is 23.5. The lowest BCUT2D eigenvalue weighted by molar-refractivity contribution is 0.388. The number of hydrogen-bond donors (Lipinski definition) is 0. The highest BCUT2D eigenvalue weighted by Crippen LogP contribution is 2.32. The van der Waals surface area contributed by atoms with Crippen LogP contribution in [0.2, 0.25) is 5.02 Å². The van der Waals surface area contributed by atoms with Crippen molar-refractivity contribution < 1.29 is 14.0 Å². The molecule has 0 aliphatic carbocycles. The summed E-state index contributed by atoms with van der Waals surface area (Å²) >= 11 is 7.47. The minimum atomic E-state index is -0.118. The van der Waals surface area contributed by atoms with Gasteiger partial charge in [-0.05, 0) is 36.2 Å². The molecule has 0 atom stereocenters. The average molecular weight is 487 g/mol. The van der Waals surface area contributed by atoms with Gasteiger partial charge in [-0.2, -0.15) is 4.98 Å². The number of thioether (sulfide) groups is 1. The molecule has 0 N–H and O–H groups in total. The maximum Gasteiger partial charge on any atom is 0.262 e. The fourth-order valence-electron chi connectivity index (χ4n) is 3.34. The maximum atomic E-state index is 13.1. The van der Waals surface area contributed by atoms with E-state index in [4.69, 9.17) is 30.6 Å². The molecule has 0 bridgehead atoms. The van der Waals surface area contributed by atoms with Crippen molar-refractivity contribution >= 4 is 34.3 Å². The molecule has 10 heteroatoms. The summed E-state index contributed by atoms with van der Waals surface area (Å²) in [5.41, 5.74) is 1.17. The van der Waals surface area contributed by atoms with E-state index in [2.05, 4.69) is 24.0 Å². The Kier molecular flexibility index (Phi) is 6.90. The van der Waals surface area contributed by atoms with Gasteiger partial charge in [0.1, 0.15) is 11.5 Å². The van der Waals surface area contributed by atoms with Gasteiger partial charge in [0, 0.05) is 17.6 Å². The van der Waals surface area contributed by atoms with Crippen molar-refractivity contribution in [3.63, 3.8) is 0 Å². The predicted molar refractivity (Wildman–Crippen MR) is 128 cm³/mol. The molecule has 0 unspecified atom stereocenters. The zero-order valence-corrected chi connectivity index (χ0v) is 20.2. The first-order chi connectivity index (χ1) is 15.9. The van der Waals surface area contributed by atoms with Crippen molar-refractivity contribution in [1.29, 1.82) is 0 Å². The molecule has 0 saturated heterocycles. The molecule has 172 valence electrons. The molecule has 0 aliphatic rings. The first-order valence-electron chi connectivity index (χ1n) is 10.3. The Bertz CT molecular complexity index is 1350. The molecule has 4 rings (SSSR count). The minimum absolute atomic E-state index is 0.118. The van der Waals surface area contributed by atoms with E-state index in [1.54, 1.807) is 49.1 Å². The SMILES string of the molecule is COc1ccc(-c2noc(CSc3nc4ccc(Cl)cc4c(=O)n3CC(C)C)n2)c(OC)c1. The Balaban J connectivity index is 1.62. The van der Waals surface area contributed by atoms with E-state index < -0.39 is 0 Å². The molecule has 0 amide bonds. The Morgan fingerprint density at radius 3 is 2.67 bits per heavy atom. The summed E-state index contributed by atoms with van der Waals surface area (Å²) in [6.45, 7) is 4.64. The monoisotopic (exact) mass is 486 g/mol. The van der Waals surface area contributed by atoms with Crippen LogP contribution >= 0.6 is 23.4 Å². The molecule has 0 spiro atoms. The Morgan fingerprint density at radius 2 is 1.94 bits per heavy atom. The van der Waals surface area contributed by atoms with Crippen LogP contribution < -0.4 is 15.0 Å². The third-order valence-corrected chi connectivity index (χ3v) is 6.07. The molecule has 2 aromatic heterocycles. The predicted octanol–water partition coefficient (Wildman–Crippen LogP) is 5.07. The Morgan fingerprint density at radius 1 is 1.12 bits per heavy atom. The van der Waals surface area contributed by atoms with E-state index in [0.29, 0.717) is 62.2 Å². The lowest BCUT2D eigenvalue weighted by Gasteiger charge is -2.14. The first kappa shape index (κ1) is 23.1. The van der Waals surface area contributed by atoms with Crippen LogP contribution in [0.15, 0.2) is 50.9 Å². The van der Waals surface area contributed by atoms with Crippen LogP contribution in [0, 0.1) is 5.92 Å². The topological polar surface area (TPSA) is 92.3 Å². The quantitative estimate of drug-likeness (QED) is 0.252. The average Bonchev–Trinajstić information content (AvgIpc) is 3.28. The zero-order valence-electron chi connectivity index (χ0n) is 18.7. The second kappa shape index (κ2) is 9.84. The molecule has 0 fully saturated rings. The largest absolute Gasteiger partial charge is 0.497 e. The van der Waals surface area contributed by atoms with Crippen LogP contribution in [0.25, 0.3) is 22.3 Å². The Hall–Kier alpha value is -3.04. The summed E-state index contributed by atoms with van der Waals surface area (Å²) < 4.78 is 17.8. The van der Waals surface area contributed by atoms with Crippen LogP contribution in [-0.4, -0.2) is 33.9 Å². The van der Waals surface area contributed by atoms with E-state index in [0.717, 1.165) is 0 Å². The van der Waals surface area contributed by atoms with Gasteiger partial charge < -0.3 is 14.0 Å². The third-order valence-electron chi connectivity index (χ3n) is 4.87. The van der Waals surface area contributed by atoms with Crippen molar-refractivity contribution in [3.8, 4) is 22.9 Å². The highest BCUT2D eigenvalue weighted by atomic mass is 35.5. The van der Waals surface area contributed by atoms with Gasteiger partial charge in [0.25, 0.3) is 5.56 Å². The van der Waals surface area contributed by atoms with Crippen molar-refractivity contribution in [1.82, 2.24) is 19.7 Å². The molecule has 4 aromatic rings. The number of nitrogens with zero attached hydrogens (tertiary/aromatic N) is 4. The smallest absolute Gasteiger partial charge is 0.262 e. The lowest BCUT2D eigenvalue weighted by Crippen LogP contribution is -2.25. The number of benzene rings is 2. The van der Waals surface area contributed by atoms with Gasteiger partial charge in [0.15, 0.2) is 5.16 Å². The lowest BCUT2D eigenvalue weighted by atomic mass is 10.2. The van der Waals surface area contributed by atoms with Gasteiger partial charge in [-0.1, -0.05) is 42.4 Å². The summed E-state index contributed by atoms with van der Waals surface area (Å²) in [4.78, 5) is 22.3. The summed E-state index contributed by atoms with van der Waals surface area (Å²) in [6, 6.07) is 10.5. The maximum absolute atomic E-state index is 13.1. The van der Waals surface area contributed by atoms with E-state index >= 15 is 0 Å². The number of ether oxygens (including phenoxy) is 2. The second-order valence-corrected chi connectivity index (χ2v) is 9.11. The van der Waals surface area contributed by atoms with E-state index in [9.17, 15) is 4.79 Å². The van der Waals surface area contributed by atoms with Crippen LogP contribution in [0.4, 0.5) is 0 Å². The number of methoxy groups -OCH3 is 2. The summed E-state index contributed by atoms with van der Waals surface area (Å²) in [5.74, 6) is 2.68. The minimum Gasteiger partial charge on any atom is -0.497 e. The van der Waals surface area contributed by atoms with Crippen molar-refractivity contribution in [3.05, 3.63) is 57.7 Å².